The predicted octanol–water partition coefficient (Wildman–Crippen LogP) is -0.388. The third kappa shape index (κ3) is 3.69. The molecule has 1 aromatic rings. The van der Waals surface area contributed by atoms with Gasteiger partial charge in [0, 0.05) is 13.1 Å². The van der Waals surface area contributed by atoms with Crippen LogP contribution in [0.25, 0.3) is 0 Å². The number of rotatable bonds is 7. The highest BCUT2D eigenvalue weighted by atomic mass is 32.2. The van der Waals surface area contributed by atoms with Gasteiger partial charge in [-0.3, -0.25) is 5.10 Å². The molecule has 0 aliphatic rings. The zero-order chi connectivity index (χ0) is 12.9. The number of aromatic nitrogens is 2. The highest BCUT2D eigenvalue weighted by molar-refractivity contribution is 7.89. The molecule has 0 atom stereocenters. The molecule has 0 spiro atoms. The molecule has 8 heteroatoms. The Morgan fingerprint density at radius 1 is 1.47 bits per heavy atom. The summed E-state index contributed by atoms with van der Waals surface area (Å²) in [5, 5.41) is 5.98. The lowest BCUT2D eigenvalue weighted by Gasteiger charge is -2.17. The molecule has 0 radical (unpaired) electrons. The Balaban J connectivity index is 2.55. The Kier molecular flexibility index (Phi) is 4.91. The number of aromatic amines is 1. The maximum absolute atomic E-state index is 11.8. The minimum Gasteiger partial charge on any atom is -0.383 e. The summed E-state index contributed by atoms with van der Waals surface area (Å²) in [5.41, 5.74) is 5.46. The fourth-order valence-corrected chi connectivity index (χ4v) is 2.50. The molecule has 0 bridgehead atoms. The summed E-state index contributed by atoms with van der Waals surface area (Å²) in [4.78, 5) is 2.12. The molecule has 0 fully saturated rings. The van der Waals surface area contributed by atoms with Crippen molar-refractivity contribution >= 4 is 15.8 Å². The number of nitrogens with two attached hydrogens (primary N) is 1. The van der Waals surface area contributed by atoms with Crippen molar-refractivity contribution in [3.63, 3.8) is 0 Å². The minimum atomic E-state index is -3.56. The van der Waals surface area contributed by atoms with Gasteiger partial charge in [0.1, 0.15) is 10.7 Å². The Bertz CT molecular complexity index is 438. The Morgan fingerprint density at radius 3 is 2.59 bits per heavy atom. The molecule has 0 unspecified atom stereocenters. The van der Waals surface area contributed by atoms with E-state index in [9.17, 15) is 8.42 Å². The van der Waals surface area contributed by atoms with E-state index in [-0.39, 0.29) is 10.7 Å². The van der Waals surface area contributed by atoms with Crippen LogP contribution >= 0.6 is 0 Å². The lowest BCUT2D eigenvalue weighted by Crippen LogP contribution is -2.34. The first kappa shape index (κ1) is 13.9. The predicted molar refractivity (Wildman–Crippen MR) is 66.0 cm³/mol. The number of hydrogen-bond donors (Lipinski definition) is 3. The van der Waals surface area contributed by atoms with Gasteiger partial charge in [0.25, 0.3) is 0 Å². The number of likely N-dealkylation sites (N-methyl/N-ethyl adjacent to an activating group) is 1. The molecular weight excluding hydrogens is 242 g/mol. The van der Waals surface area contributed by atoms with Crippen molar-refractivity contribution in [2.45, 2.75) is 18.7 Å². The SMILES string of the molecule is CCN(CC)CCNS(=O)(=O)c1cn[nH]c1N. The molecule has 1 heterocycles. The summed E-state index contributed by atoms with van der Waals surface area (Å²) in [6.07, 6.45) is 1.20. The zero-order valence-corrected chi connectivity index (χ0v) is 10.9. The summed E-state index contributed by atoms with van der Waals surface area (Å²) < 4.78 is 26.1. The van der Waals surface area contributed by atoms with Crippen LogP contribution < -0.4 is 10.5 Å². The monoisotopic (exact) mass is 261 g/mol. The lowest BCUT2D eigenvalue weighted by atomic mass is 10.5. The lowest BCUT2D eigenvalue weighted by molar-refractivity contribution is 0.309. The molecule has 98 valence electrons. The van der Waals surface area contributed by atoms with E-state index in [2.05, 4.69) is 19.8 Å². The first-order valence-corrected chi connectivity index (χ1v) is 7.00. The van der Waals surface area contributed by atoms with Crippen LogP contribution in [-0.2, 0) is 10.0 Å². The van der Waals surface area contributed by atoms with Gasteiger partial charge in [-0.1, -0.05) is 13.8 Å². The number of anilines is 1. The van der Waals surface area contributed by atoms with Crippen LogP contribution in [-0.4, -0.2) is 49.7 Å². The van der Waals surface area contributed by atoms with Gasteiger partial charge in [-0.25, -0.2) is 13.1 Å². The minimum absolute atomic E-state index is 0.00273. The van der Waals surface area contributed by atoms with Crippen molar-refractivity contribution in [2.24, 2.45) is 0 Å². The number of nitrogens with one attached hydrogen (secondary N) is 2. The smallest absolute Gasteiger partial charge is 0.245 e. The average molecular weight is 261 g/mol. The van der Waals surface area contributed by atoms with Crippen LogP contribution in [0.1, 0.15) is 13.8 Å². The standard InChI is InChI=1S/C9H19N5O2S/c1-3-14(4-2)6-5-12-17(15,16)8-7-11-13-9(8)10/h7,12H,3-6H2,1-2H3,(H3,10,11,13). The summed E-state index contributed by atoms with van der Waals surface area (Å²) in [6.45, 7) is 6.88. The fourth-order valence-electron chi connectivity index (χ4n) is 1.45. The van der Waals surface area contributed by atoms with Gasteiger partial charge in [-0.15, -0.1) is 0 Å². The van der Waals surface area contributed by atoms with Crippen molar-refractivity contribution in [2.75, 3.05) is 31.9 Å². The quantitative estimate of drug-likeness (QED) is 0.620. The molecular formula is C9H19N5O2S. The van der Waals surface area contributed by atoms with E-state index in [1.807, 2.05) is 13.8 Å². The van der Waals surface area contributed by atoms with E-state index < -0.39 is 10.0 Å². The van der Waals surface area contributed by atoms with Gasteiger partial charge in [0.15, 0.2) is 0 Å². The molecule has 0 aliphatic carbocycles. The van der Waals surface area contributed by atoms with E-state index in [1.54, 1.807) is 0 Å². The van der Waals surface area contributed by atoms with Crippen LogP contribution in [0.4, 0.5) is 5.82 Å². The van der Waals surface area contributed by atoms with Crippen LogP contribution in [0.2, 0.25) is 0 Å². The second kappa shape index (κ2) is 5.99. The number of sulfonamides is 1. The molecule has 1 rings (SSSR count). The summed E-state index contributed by atoms with van der Waals surface area (Å²) in [5.74, 6) is 0.0559. The summed E-state index contributed by atoms with van der Waals surface area (Å²) >= 11 is 0. The average Bonchev–Trinajstić information content (AvgIpc) is 2.71. The Morgan fingerprint density at radius 2 is 2.12 bits per heavy atom. The number of nitrogens with zero attached hydrogens (tertiary/aromatic N) is 2. The maximum Gasteiger partial charge on any atom is 0.245 e. The summed E-state index contributed by atoms with van der Waals surface area (Å²) in [7, 11) is -3.56. The van der Waals surface area contributed by atoms with Crippen molar-refractivity contribution in [3.05, 3.63) is 6.20 Å². The normalized spacial score (nSPS) is 12.2. The number of H-pyrrole nitrogens is 1. The molecule has 0 aromatic carbocycles. The topological polar surface area (TPSA) is 104 Å². The van der Waals surface area contributed by atoms with E-state index in [0.717, 1.165) is 13.1 Å². The molecule has 0 aliphatic heterocycles. The maximum atomic E-state index is 11.8. The Labute approximate surface area is 101 Å². The second-order valence-electron chi connectivity index (χ2n) is 3.57. The second-order valence-corrected chi connectivity index (χ2v) is 5.31. The Hall–Kier alpha value is -1.12. The zero-order valence-electron chi connectivity index (χ0n) is 10.1. The highest BCUT2D eigenvalue weighted by Crippen LogP contribution is 2.12. The van der Waals surface area contributed by atoms with Gasteiger partial charge >= 0.3 is 0 Å². The van der Waals surface area contributed by atoms with Crippen LogP contribution in [0.15, 0.2) is 11.1 Å². The molecule has 1 aromatic heterocycles. The van der Waals surface area contributed by atoms with Crippen LogP contribution in [0, 0.1) is 0 Å². The van der Waals surface area contributed by atoms with E-state index in [4.69, 9.17) is 5.73 Å². The first-order chi connectivity index (χ1) is 8.01. The van der Waals surface area contributed by atoms with E-state index in [0.29, 0.717) is 13.1 Å². The number of nitrogen functional groups attached to an aromatic ring is 1. The first-order valence-electron chi connectivity index (χ1n) is 5.52. The highest BCUT2D eigenvalue weighted by Gasteiger charge is 2.18. The van der Waals surface area contributed by atoms with Crippen molar-refractivity contribution in [1.29, 1.82) is 0 Å². The van der Waals surface area contributed by atoms with Crippen molar-refractivity contribution in [1.82, 2.24) is 19.8 Å². The van der Waals surface area contributed by atoms with Crippen LogP contribution in [0.3, 0.4) is 0 Å². The molecule has 0 saturated carbocycles. The van der Waals surface area contributed by atoms with Crippen molar-refractivity contribution < 1.29 is 8.42 Å². The number of hydrogen-bond acceptors (Lipinski definition) is 5. The summed E-state index contributed by atoms with van der Waals surface area (Å²) in [6, 6.07) is 0. The fraction of sp³-hybridized carbons (Fsp3) is 0.667. The van der Waals surface area contributed by atoms with Gasteiger partial charge < -0.3 is 10.6 Å². The molecule has 4 N–H and O–H groups in total. The van der Waals surface area contributed by atoms with Gasteiger partial charge in [-0.05, 0) is 13.1 Å². The molecule has 0 amide bonds. The molecule has 17 heavy (non-hydrogen) atoms. The van der Waals surface area contributed by atoms with E-state index in [1.165, 1.54) is 6.20 Å². The molecule has 7 nitrogen and oxygen atoms in total. The molecule has 0 saturated heterocycles. The van der Waals surface area contributed by atoms with E-state index >= 15 is 0 Å². The van der Waals surface area contributed by atoms with Gasteiger partial charge in [0.05, 0.1) is 6.20 Å². The van der Waals surface area contributed by atoms with Crippen molar-refractivity contribution in [3.8, 4) is 0 Å². The van der Waals surface area contributed by atoms with Crippen LogP contribution in [0.5, 0.6) is 0 Å². The third-order valence-corrected chi connectivity index (χ3v) is 4.02. The largest absolute Gasteiger partial charge is 0.383 e. The van der Waals surface area contributed by atoms with Gasteiger partial charge in [-0.2, -0.15) is 5.10 Å². The van der Waals surface area contributed by atoms with Gasteiger partial charge in [0.2, 0.25) is 10.0 Å². The third-order valence-electron chi connectivity index (χ3n) is 2.54.